The summed E-state index contributed by atoms with van der Waals surface area (Å²) in [4.78, 5) is 26.8. The lowest BCUT2D eigenvalue weighted by molar-refractivity contribution is -0.154. The van der Waals surface area contributed by atoms with Crippen molar-refractivity contribution in [3.8, 4) is 0 Å². The lowest BCUT2D eigenvalue weighted by Crippen LogP contribution is -2.65. The Bertz CT molecular complexity index is 508. The molecule has 1 saturated heterocycles. The van der Waals surface area contributed by atoms with Gasteiger partial charge >= 0.3 is 0 Å². The first-order valence-corrected chi connectivity index (χ1v) is 7.01. The summed E-state index contributed by atoms with van der Waals surface area (Å²) < 4.78 is 0. The molecule has 0 radical (unpaired) electrons. The Kier molecular flexibility index (Phi) is 3.84. The van der Waals surface area contributed by atoms with Gasteiger partial charge in [-0.2, -0.15) is 0 Å². The van der Waals surface area contributed by atoms with E-state index in [1.54, 1.807) is 18.7 Å². The number of benzene rings is 1. The average Bonchev–Trinajstić information content (AvgIpc) is 2.36. The number of nitrogens with one attached hydrogen (secondary N) is 1. The summed E-state index contributed by atoms with van der Waals surface area (Å²) >= 11 is 0. The summed E-state index contributed by atoms with van der Waals surface area (Å²) in [7, 11) is 0. The molecule has 4 heteroatoms. The molecule has 0 aromatic heterocycles. The van der Waals surface area contributed by atoms with Gasteiger partial charge in [0.05, 0.1) is 0 Å². The molecule has 0 bridgehead atoms. The fourth-order valence-electron chi connectivity index (χ4n) is 2.60. The van der Waals surface area contributed by atoms with Gasteiger partial charge in [0, 0.05) is 6.54 Å². The van der Waals surface area contributed by atoms with Crippen molar-refractivity contribution >= 4 is 11.8 Å². The van der Waals surface area contributed by atoms with Crippen molar-refractivity contribution < 1.29 is 9.59 Å². The topological polar surface area (TPSA) is 49.4 Å². The van der Waals surface area contributed by atoms with E-state index in [9.17, 15) is 9.59 Å². The molecule has 20 heavy (non-hydrogen) atoms. The number of rotatable bonds is 3. The molecule has 1 unspecified atom stereocenters. The minimum absolute atomic E-state index is 0.0281. The highest BCUT2D eigenvalue weighted by molar-refractivity contribution is 5.99. The van der Waals surface area contributed by atoms with Crippen LogP contribution in [-0.4, -0.2) is 28.8 Å². The van der Waals surface area contributed by atoms with Gasteiger partial charge in [-0.1, -0.05) is 44.2 Å². The van der Waals surface area contributed by atoms with Gasteiger partial charge in [-0.15, -0.1) is 0 Å². The van der Waals surface area contributed by atoms with Crippen molar-refractivity contribution in [3.63, 3.8) is 0 Å². The van der Waals surface area contributed by atoms with Crippen LogP contribution in [-0.2, 0) is 9.59 Å². The van der Waals surface area contributed by atoms with Gasteiger partial charge in [0.15, 0.2) is 0 Å². The maximum atomic E-state index is 12.6. The Hall–Kier alpha value is -1.84. The molecule has 1 fully saturated rings. The van der Waals surface area contributed by atoms with Crippen LogP contribution in [0.15, 0.2) is 30.3 Å². The van der Waals surface area contributed by atoms with Gasteiger partial charge in [0.25, 0.3) is 0 Å². The molecule has 2 rings (SSSR count). The molecule has 1 atom stereocenters. The van der Waals surface area contributed by atoms with Crippen LogP contribution in [0, 0.1) is 5.92 Å². The summed E-state index contributed by atoms with van der Waals surface area (Å²) in [5, 5.41) is 2.83. The van der Waals surface area contributed by atoms with Crippen molar-refractivity contribution in [3.05, 3.63) is 35.9 Å². The summed E-state index contributed by atoms with van der Waals surface area (Å²) in [6.45, 7) is 8.18. The van der Waals surface area contributed by atoms with Crippen molar-refractivity contribution in [2.45, 2.75) is 39.3 Å². The lowest BCUT2D eigenvalue weighted by atomic mass is 9.92. The van der Waals surface area contributed by atoms with Gasteiger partial charge in [-0.3, -0.25) is 9.59 Å². The highest BCUT2D eigenvalue weighted by atomic mass is 16.2. The maximum Gasteiger partial charge on any atom is 0.248 e. The number of hydrogen-bond acceptors (Lipinski definition) is 2. The van der Waals surface area contributed by atoms with Crippen molar-refractivity contribution in [2.75, 3.05) is 6.54 Å². The van der Waals surface area contributed by atoms with E-state index < -0.39 is 11.6 Å². The first-order valence-electron chi connectivity index (χ1n) is 7.01. The minimum Gasteiger partial charge on any atom is -0.340 e. The summed E-state index contributed by atoms with van der Waals surface area (Å²) in [6, 6.07) is 8.94. The van der Waals surface area contributed by atoms with E-state index >= 15 is 0 Å². The largest absolute Gasteiger partial charge is 0.340 e. The fraction of sp³-hybridized carbons (Fsp3) is 0.500. The fourth-order valence-corrected chi connectivity index (χ4v) is 2.60. The Morgan fingerprint density at radius 3 is 2.35 bits per heavy atom. The molecule has 1 aromatic rings. The molecule has 1 N–H and O–H groups in total. The van der Waals surface area contributed by atoms with Crippen molar-refractivity contribution in [1.29, 1.82) is 0 Å². The standard InChI is InChI=1S/C16H22N2O2/c1-11(2)10-18-13(12-8-6-5-7-9-12)14(19)17-16(3,4)15(18)20/h5-9,11,13H,10H2,1-4H3,(H,17,19). The van der Waals surface area contributed by atoms with Crippen molar-refractivity contribution in [1.82, 2.24) is 10.2 Å². The molecular weight excluding hydrogens is 252 g/mol. The van der Waals surface area contributed by atoms with E-state index in [0.29, 0.717) is 12.5 Å². The van der Waals surface area contributed by atoms with Crippen LogP contribution in [0.3, 0.4) is 0 Å². The first kappa shape index (κ1) is 14.6. The van der Waals surface area contributed by atoms with Gasteiger partial charge < -0.3 is 10.2 Å². The second kappa shape index (κ2) is 5.27. The van der Waals surface area contributed by atoms with Crippen LogP contribution in [0.1, 0.15) is 39.3 Å². The highest BCUT2D eigenvalue weighted by Gasteiger charge is 2.45. The first-order chi connectivity index (χ1) is 9.33. The molecule has 0 aliphatic carbocycles. The van der Waals surface area contributed by atoms with E-state index in [2.05, 4.69) is 19.2 Å². The predicted octanol–water partition coefficient (Wildman–Crippen LogP) is 2.12. The number of piperazine rings is 1. The molecule has 1 aliphatic rings. The molecule has 0 saturated carbocycles. The Morgan fingerprint density at radius 1 is 1.20 bits per heavy atom. The zero-order chi connectivity index (χ0) is 14.9. The Balaban J connectivity index is 2.41. The van der Waals surface area contributed by atoms with Crippen LogP contribution in [0.4, 0.5) is 0 Å². The zero-order valence-electron chi connectivity index (χ0n) is 12.5. The number of nitrogens with zero attached hydrogens (tertiary/aromatic N) is 1. The molecule has 1 aromatic carbocycles. The number of hydrogen-bond donors (Lipinski definition) is 1. The van der Waals surface area contributed by atoms with Crippen LogP contribution >= 0.6 is 0 Å². The number of carbonyl (C=O) groups is 2. The molecular formula is C16H22N2O2. The minimum atomic E-state index is -0.836. The van der Waals surface area contributed by atoms with Crippen LogP contribution in [0.25, 0.3) is 0 Å². The second-order valence-electron chi connectivity index (χ2n) is 6.28. The number of amides is 2. The normalized spacial score (nSPS) is 22.1. The van der Waals surface area contributed by atoms with E-state index in [-0.39, 0.29) is 11.8 Å². The second-order valence-corrected chi connectivity index (χ2v) is 6.28. The molecule has 1 aliphatic heterocycles. The molecule has 2 amide bonds. The van der Waals surface area contributed by atoms with Crippen molar-refractivity contribution in [2.24, 2.45) is 5.92 Å². The summed E-state index contributed by atoms with van der Waals surface area (Å²) in [5.74, 6) is 0.174. The monoisotopic (exact) mass is 274 g/mol. The van der Waals surface area contributed by atoms with Crippen LogP contribution in [0.2, 0.25) is 0 Å². The lowest BCUT2D eigenvalue weighted by Gasteiger charge is -2.43. The third kappa shape index (κ3) is 2.69. The van der Waals surface area contributed by atoms with E-state index in [1.807, 2.05) is 30.3 Å². The molecule has 0 spiro atoms. The zero-order valence-corrected chi connectivity index (χ0v) is 12.5. The van der Waals surface area contributed by atoms with Crippen LogP contribution < -0.4 is 5.32 Å². The molecule has 4 nitrogen and oxygen atoms in total. The third-order valence-electron chi connectivity index (χ3n) is 3.47. The number of carbonyl (C=O) groups excluding carboxylic acids is 2. The van der Waals surface area contributed by atoms with Gasteiger partial charge in [0.1, 0.15) is 11.6 Å². The molecule has 1 heterocycles. The SMILES string of the molecule is CC(C)CN1C(=O)C(C)(C)NC(=O)C1c1ccccc1. The van der Waals surface area contributed by atoms with E-state index in [1.165, 1.54) is 0 Å². The van der Waals surface area contributed by atoms with Gasteiger partial charge in [-0.25, -0.2) is 0 Å². The summed E-state index contributed by atoms with van der Waals surface area (Å²) in [5.41, 5.74) is 0.0200. The predicted molar refractivity (Wildman–Crippen MR) is 78.0 cm³/mol. The average molecular weight is 274 g/mol. The molecule has 108 valence electrons. The third-order valence-corrected chi connectivity index (χ3v) is 3.47. The van der Waals surface area contributed by atoms with E-state index in [0.717, 1.165) is 5.56 Å². The van der Waals surface area contributed by atoms with Crippen LogP contribution in [0.5, 0.6) is 0 Å². The van der Waals surface area contributed by atoms with E-state index in [4.69, 9.17) is 0 Å². The smallest absolute Gasteiger partial charge is 0.248 e. The Labute approximate surface area is 120 Å². The Morgan fingerprint density at radius 2 is 1.80 bits per heavy atom. The summed E-state index contributed by atoms with van der Waals surface area (Å²) in [6.07, 6.45) is 0. The van der Waals surface area contributed by atoms with Gasteiger partial charge in [-0.05, 0) is 25.3 Å². The maximum absolute atomic E-state index is 12.6. The highest BCUT2D eigenvalue weighted by Crippen LogP contribution is 2.29. The quantitative estimate of drug-likeness (QED) is 0.918. The van der Waals surface area contributed by atoms with Gasteiger partial charge in [0.2, 0.25) is 11.8 Å².